The molecule has 0 bridgehead atoms. The number of hydrogen-bond acceptors (Lipinski definition) is 3. The molecule has 4 heteroatoms. The summed E-state index contributed by atoms with van der Waals surface area (Å²) in [5.74, 6) is 0.218. The maximum atomic E-state index is 12.1. The second-order valence-electron chi connectivity index (χ2n) is 4.30. The summed E-state index contributed by atoms with van der Waals surface area (Å²) in [5.41, 5.74) is 5.63. The number of carbonyl (C=O) groups excluding carboxylic acids is 1. The van der Waals surface area contributed by atoms with Crippen LogP contribution in [-0.4, -0.2) is 54.5 Å². The third-order valence-corrected chi connectivity index (χ3v) is 3.33. The van der Waals surface area contributed by atoms with Crippen molar-refractivity contribution in [2.24, 2.45) is 5.73 Å². The summed E-state index contributed by atoms with van der Waals surface area (Å²) < 4.78 is 0. The van der Waals surface area contributed by atoms with Gasteiger partial charge in [0.25, 0.3) is 0 Å². The highest BCUT2D eigenvalue weighted by atomic mass is 16.2. The summed E-state index contributed by atoms with van der Waals surface area (Å²) in [5, 5.41) is 0. The van der Waals surface area contributed by atoms with Crippen LogP contribution in [0.1, 0.15) is 40.5 Å². The van der Waals surface area contributed by atoms with E-state index in [1.54, 1.807) is 0 Å². The molecule has 0 heterocycles. The molecule has 0 saturated carbocycles. The van der Waals surface area contributed by atoms with Crippen LogP contribution in [0, 0.1) is 0 Å². The Bertz CT molecular complexity index is 201. The van der Waals surface area contributed by atoms with Gasteiger partial charge < -0.3 is 10.6 Å². The average molecular weight is 243 g/mol. The Morgan fingerprint density at radius 3 is 2.00 bits per heavy atom. The van der Waals surface area contributed by atoms with Crippen LogP contribution in [0.3, 0.4) is 0 Å². The van der Waals surface area contributed by atoms with Gasteiger partial charge in [-0.3, -0.25) is 9.69 Å². The topological polar surface area (TPSA) is 49.6 Å². The summed E-state index contributed by atoms with van der Waals surface area (Å²) in [6.45, 7) is 11.9. The molecule has 0 unspecified atom stereocenters. The van der Waals surface area contributed by atoms with Crippen molar-refractivity contribution in [2.75, 3.05) is 32.7 Å². The fourth-order valence-electron chi connectivity index (χ4n) is 2.21. The third kappa shape index (κ3) is 5.50. The minimum absolute atomic E-state index is 0.218. The maximum Gasteiger partial charge on any atom is 0.236 e. The van der Waals surface area contributed by atoms with Crippen LogP contribution in [0.2, 0.25) is 0 Å². The zero-order chi connectivity index (χ0) is 13.3. The fraction of sp³-hybridized carbons (Fsp3) is 0.923. The van der Waals surface area contributed by atoms with Crippen molar-refractivity contribution >= 4 is 5.91 Å². The number of nitrogens with zero attached hydrogens (tertiary/aromatic N) is 2. The van der Waals surface area contributed by atoms with Crippen molar-refractivity contribution in [3.8, 4) is 0 Å². The van der Waals surface area contributed by atoms with Crippen LogP contribution in [0.25, 0.3) is 0 Å². The quantitative estimate of drug-likeness (QED) is 0.664. The molecular formula is C13H29N3O. The molecule has 0 aliphatic heterocycles. The standard InChI is InChI=1S/C13H29N3O/c1-5-12(6-2)16(10-9-14)11-13(17)15(7-3)8-4/h12H,5-11,14H2,1-4H3. The number of likely N-dealkylation sites (N-methyl/N-ethyl adjacent to an activating group) is 1. The van der Waals surface area contributed by atoms with E-state index >= 15 is 0 Å². The van der Waals surface area contributed by atoms with E-state index in [4.69, 9.17) is 5.73 Å². The number of hydrogen-bond donors (Lipinski definition) is 1. The summed E-state index contributed by atoms with van der Waals surface area (Å²) in [4.78, 5) is 16.2. The van der Waals surface area contributed by atoms with Gasteiger partial charge in [0.2, 0.25) is 5.91 Å². The monoisotopic (exact) mass is 243 g/mol. The fourth-order valence-corrected chi connectivity index (χ4v) is 2.21. The van der Waals surface area contributed by atoms with Crippen molar-refractivity contribution in [2.45, 2.75) is 46.6 Å². The van der Waals surface area contributed by atoms with Crippen LogP contribution in [-0.2, 0) is 4.79 Å². The smallest absolute Gasteiger partial charge is 0.236 e. The lowest BCUT2D eigenvalue weighted by atomic mass is 10.1. The van der Waals surface area contributed by atoms with Gasteiger partial charge in [0.15, 0.2) is 0 Å². The lowest BCUT2D eigenvalue weighted by Gasteiger charge is -2.31. The second kappa shape index (κ2) is 9.42. The Morgan fingerprint density at radius 2 is 1.65 bits per heavy atom. The highest BCUT2D eigenvalue weighted by Gasteiger charge is 2.19. The van der Waals surface area contributed by atoms with E-state index in [1.807, 2.05) is 18.7 Å². The van der Waals surface area contributed by atoms with Gasteiger partial charge in [-0.25, -0.2) is 0 Å². The summed E-state index contributed by atoms with van der Waals surface area (Å²) in [7, 11) is 0. The first kappa shape index (κ1) is 16.4. The first-order chi connectivity index (χ1) is 8.14. The van der Waals surface area contributed by atoms with Crippen molar-refractivity contribution < 1.29 is 4.79 Å². The Balaban J connectivity index is 4.46. The Morgan fingerprint density at radius 1 is 1.12 bits per heavy atom. The zero-order valence-electron chi connectivity index (χ0n) is 11.9. The van der Waals surface area contributed by atoms with E-state index in [9.17, 15) is 4.79 Å². The molecule has 0 radical (unpaired) electrons. The predicted octanol–water partition coefficient (Wildman–Crippen LogP) is 1.30. The highest BCUT2D eigenvalue weighted by molar-refractivity contribution is 5.78. The maximum absolute atomic E-state index is 12.1. The molecule has 0 aromatic rings. The summed E-state index contributed by atoms with van der Waals surface area (Å²) in [6.07, 6.45) is 2.14. The summed E-state index contributed by atoms with van der Waals surface area (Å²) in [6, 6.07) is 0.470. The van der Waals surface area contributed by atoms with Crippen LogP contribution in [0.5, 0.6) is 0 Å². The van der Waals surface area contributed by atoms with E-state index in [1.165, 1.54) is 0 Å². The molecule has 0 spiro atoms. The molecule has 0 rings (SSSR count). The van der Waals surface area contributed by atoms with E-state index in [-0.39, 0.29) is 5.91 Å². The van der Waals surface area contributed by atoms with Gasteiger partial charge in [-0.1, -0.05) is 13.8 Å². The van der Waals surface area contributed by atoms with E-state index in [0.717, 1.165) is 32.5 Å². The highest BCUT2D eigenvalue weighted by Crippen LogP contribution is 2.08. The molecule has 0 aromatic heterocycles. The van der Waals surface area contributed by atoms with Gasteiger partial charge >= 0.3 is 0 Å². The molecule has 4 nitrogen and oxygen atoms in total. The normalized spacial score (nSPS) is 11.2. The summed E-state index contributed by atoms with van der Waals surface area (Å²) >= 11 is 0. The largest absolute Gasteiger partial charge is 0.342 e. The van der Waals surface area contributed by atoms with Gasteiger partial charge in [0.05, 0.1) is 6.54 Å². The molecule has 102 valence electrons. The second-order valence-corrected chi connectivity index (χ2v) is 4.30. The third-order valence-electron chi connectivity index (χ3n) is 3.33. The Kier molecular flexibility index (Phi) is 9.09. The van der Waals surface area contributed by atoms with Crippen LogP contribution in [0.15, 0.2) is 0 Å². The first-order valence-electron chi connectivity index (χ1n) is 6.86. The van der Waals surface area contributed by atoms with Crippen molar-refractivity contribution in [1.29, 1.82) is 0 Å². The molecule has 2 N–H and O–H groups in total. The lowest BCUT2D eigenvalue weighted by Crippen LogP contribution is -2.46. The molecule has 0 fully saturated rings. The van der Waals surface area contributed by atoms with E-state index in [2.05, 4.69) is 18.7 Å². The van der Waals surface area contributed by atoms with Gasteiger partial charge in [0, 0.05) is 32.2 Å². The van der Waals surface area contributed by atoms with Gasteiger partial charge in [0.1, 0.15) is 0 Å². The van der Waals surface area contributed by atoms with Crippen molar-refractivity contribution in [1.82, 2.24) is 9.80 Å². The van der Waals surface area contributed by atoms with Gasteiger partial charge in [-0.2, -0.15) is 0 Å². The van der Waals surface area contributed by atoms with Crippen LogP contribution in [0.4, 0.5) is 0 Å². The number of nitrogens with two attached hydrogens (primary N) is 1. The predicted molar refractivity (Wildman–Crippen MR) is 72.9 cm³/mol. The molecule has 0 aliphatic rings. The molecule has 0 aliphatic carbocycles. The van der Waals surface area contributed by atoms with Crippen LogP contribution >= 0.6 is 0 Å². The minimum atomic E-state index is 0.218. The minimum Gasteiger partial charge on any atom is -0.342 e. The molecule has 0 aromatic carbocycles. The number of carbonyl (C=O) groups is 1. The molecule has 0 saturated heterocycles. The van der Waals surface area contributed by atoms with Crippen LogP contribution < -0.4 is 5.73 Å². The van der Waals surface area contributed by atoms with Gasteiger partial charge in [-0.15, -0.1) is 0 Å². The average Bonchev–Trinajstić information content (AvgIpc) is 2.32. The molecular weight excluding hydrogens is 214 g/mol. The molecule has 0 atom stereocenters. The molecule has 17 heavy (non-hydrogen) atoms. The molecule has 1 amide bonds. The van der Waals surface area contributed by atoms with E-state index in [0.29, 0.717) is 19.1 Å². The SMILES string of the molecule is CCC(CC)N(CCN)CC(=O)N(CC)CC. The first-order valence-corrected chi connectivity index (χ1v) is 6.86. The Labute approximate surface area is 106 Å². The Hall–Kier alpha value is -0.610. The number of amides is 1. The zero-order valence-corrected chi connectivity index (χ0v) is 11.9. The van der Waals surface area contributed by atoms with Crippen molar-refractivity contribution in [3.63, 3.8) is 0 Å². The number of rotatable bonds is 9. The van der Waals surface area contributed by atoms with E-state index < -0.39 is 0 Å². The lowest BCUT2D eigenvalue weighted by molar-refractivity contribution is -0.132. The van der Waals surface area contributed by atoms with Gasteiger partial charge in [-0.05, 0) is 26.7 Å². The van der Waals surface area contributed by atoms with Crippen molar-refractivity contribution in [3.05, 3.63) is 0 Å².